The van der Waals surface area contributed by atoms with E-state index in [0.29, 0.717) is 0 Å². The molecule has 0 fully saturated rings. The Hall–Kier alpha value is -1.99. The summed E-state index contributed by atoms with van der Waals surface area (Å²) in [5.41, 5.74) is 0.142. The van der Waals surface area contributed by atoms with Crippen LogP contribution < -0.4 is 5.84 Å². The lowest BCUT2D eigenvalue weighted by atomic mass is 10.2. The van der Waals surface area contributed by atoms with Crippen LogP contribution in [0.25, 0.3) is 0 Å². The summed E-state index contributed by atoms with van der Waals surface area (Å²) in [4.78, 5) is 21.4. The Morgan fingerprint density at radius 2 is 2.00 bits per heavy atom. The Kier molecular flexibility index (Phi) is 3.92. The lowest BCUT2D eigenvalue weighted by Crippen LogP contribution is -2.39. The van der Waals surface area contributed by atoms with E-state index in [0.717, 1.165) is 5.01 Å². The minimum atomic E-state index is -0.553. The molecule has 0 aliphatic carbocycles. The summed E-state index contributed by atoms with van der Waals surface area (Å²) in [6.07, 6.45) is 0. The van der Waals surface area contributed by atoms with Gasteiger partial charge in [0.1, 0.15) is 0 Å². The molecule has 0 atom stereocenters. The zero-order valence-corrected chi connectivity index (χ0v) is 8.37. The van der Waals surface area contributed by atoms with Crippen molar-refractivity contribution in [3.63, 3.8) is 0 Å². The standard InChI is InChI=1S/C9H11N3O4/c10-11(5-6-13)9(14)7-1-3-8(4-2-7)12(15)16/h1-4,13H,5-6,10H2. The summed E-state index contributed by atoms with van der Waals surface area (Å²) >= 11 is 0. The molecule has 7 heteroatoms. The number of hydrogen-bond acceptors (Lipinski definition) is 5. The van der Waals surface area contributed by atoms with Crippen molar-refractivity contribution in [2.45, 2.75) is 0 Å². The van der Waals surface area contributed by atoms with E-state index in [1.807, 2.05) is 0 Å². The Bertz CT molecular complexity index is 390. The summed E-state index contributed by atoms with van der Waals surface area (Å²) in [5, 5.41) is 19.8. The number of carbonyl (C=O) groups excluding carboxylic acids is 1. The highest BCUT2D eigenvalue weighted by Crippen LogP contribution is 2.12. The first-order valence-corrected chi connectivity index (χ1v) is 4.48. The van der Waals surface area contributed by atoms with Crippen LogP contribution in [0, 0.1) is 10.1 Å². The van der Waals surface area contributed by atoms with E-state index in [4.69, 9.17) is 10.9 Å². The minimum absolute atomic E-state index is 0.00974. The van der Waals surface area contributed by atoms with Gasteiger partial charge < -0.3 is 5.11 Å². The van der Waals surface area contributed by atoms with Crippen LogP contribution >= 0.6 is 0 Å². The Balaban J connectivity index is 2.81. The maximum Gasteiger partial charge on any atom is 0.269 e. The predicted molar refractivity (Wildman–Crippen MR) is 55.4 cm³/mol. The molecule has 0 saturated heterocycles. The van der Waals surface area contributed by atoms with Gasteiger partial charge in [0, 0.05) is 17.7 Å². The average Bonchev–Trinajstić information content (AvgIpc) is 2.28. The molecule has 0 saturated carbocycles. The van der Waals surface area contributed by atoms with Crippen molar-refractivity contribution in [3.05, 3.63) is 39.9 Å². The molecule has 0 radical (unpaired) electrons. The number of nitro groups is 1. The van der Waals surface area contributed by atoms with Crippen LogP contribution in [0.1, 0.15) is 10.4 Å². The molecule has 0 aromatic heterocycles. The van der Waals surface area contributed by atoms with Gasteiger partial charge in [-0.2, -0.15) is 0 Å². The van der Waals surface area contributed by atoms with Crippen LogP contribution in [0.2, 0.25) is 0 Å². The summed E-state index contributed by atoms with van der Waals surface area (Å²) in [6, 6.07) is 5.08. The minimum Gasteiger partial charge on any atom is -0.394 e. The first-order chi connectivity index (χ1) is 7.56. The van der Waals surface area contributed by atoms with Crippen LogP contribution in [-0.4, -0.2) is 34.1 Å². The second kappa shape index (κ2) is 5.19. The van der Waals surface area contributed by atoms with E-state index in [2.05, 4.69) is 0 Å². The van der Waals surface area contributed by atoms with Gasteiger partial charge in [0.25, 0.3) is 11.6 Å². The summed E-state index contributed by atoms with van der Waals surface area (Å²) in [5.74, 6) is 4.85. The molecule has 1 amide bonds. The van der Waals surface area contributed by atoms with Crippen molar-refractivity contribution in [2.75, 3.05) is 13.2 Å². The van der Waals surface area contributed by atoms with Crippen molar-refractivity contribution >= 4 is 11.6 Å². The number of aliphatic hydroxyl groups excluding tert-OH is 1. The number of nitrogens with zero attached hydrogens (tertiary/aromatic N) is 2. The molecule has 1 aromatic rings. The molecule has 1 aromatic carbocycles. The number of rotatable bonds is 4. The molecule has 86 valence electrons. The SMILES string of the molecule is NN(CCO)C(=O)c1ccc([N+](=O)[O-])cc1. The fourth-order valence-corrected chi connectivity index (χ4v) is 1.10. The number of benzene rings is 1. The number of amides is 1. The zero-order chi connectivity index (χ0) is 12.1. The van der Waals surface area contributed by atoms with Crippen molar-refractivity contribution in [1.82, 2.24) is 5.01 Å². The Morgan fingerprint density at radius 3 is 2.44 bits per heavy atom. The fraction of sp³-hybridized carbons (Fsp3) is 0.222. The van der Waals surface area contributed by atoms with E-state index < -0.39 is 10.8 Å². The van der Waals surface area contributed by atoms with Gasteiger partial charge in [0.2, 0.25) is 0 Å². The highest BCUT2D eigenvalue weighted by Gasteiger charge is 2.13. The number of non-ortho nitro benzene ring substituents is 1. The first-order valence-electron chi connectivity index (χ1n) is 4.48. The number of aliphatic hydroxyl groups is 1. The zero-order valence-electron chi connectivity index (χ0n) is 8.37. The van der Waals surface area contributed by atoms with Crippen molar-refractivity contribution in [1.29, 1.82) is 0 Å². The largest absolute Gasteiger partial charge is 0.394 e. The normalized spacial score (nSPS) is 9.88. The lowest BCUT2D eigenvalue weighted by molar-refractivity contribution is -0.384. The summed E-state index contributed by atoms with van der Waals surface area (Å²) in [7, 11) is 0. The number of nitro benzene ring substituents is 1. The third-order valence-corrected chi connectivity index (χ3v) is 1.93. The van der Waals surface area contributed by atoms with E-state index in [9.17, 15) is 14.9 Å². The van der Waals surface area contributed by atoms with Crippen LogP contribution in [0.3, 0.4) is 0 Å². The van der Waals surface area contributed by atoms with Crippen molar-refractivity contribution in [2.24, 2.45) is 5.84 Å². The molecule has 0 heterocycles. The molecular formula is C9H11N3O4. The van der Waals surface area contributed by atoms with Crippen LogP contribution in [0.5, 0.6) is 0 Å². The molecular weight excluding hydrogens is 214 g/mol. The smallest absolute Gasteiger partial charge is 0.269 e. The molecule has 0 unspecified atom stereocenters. The van der Waals surface area contributed by atoms with Crippen molar-refractivity contribution in [3.8, 4) is 0 Å². The van der Waals surface area contributed by atoms with Crippen molar-refractivity contribution < 1.29 is 14.8 Å². The van der Waals surface area contributed by atoms with E-state index in [1.165, 1.54) is 24.3 Å². The summed E-state index contributed by atoms with van der Waals surface area (Å²) in [6.45, 7) is -0.231. The van der Waals surface area contributed by atoms with Gasteiger partial charge >= 0.3 is 0 Å². The van der Waals surface area contributed by atoms with E-state index in [1.54, 1.807) is 0 Å². The third kappa shape index (κ3) is 2.75. The van der Waals surface area contributed by atoms with E-state index >= 15 is 0 Å². The molecule has 3 N–H and O–H groups in total. The Labute approximate surface area is 91.2 Å². The second-order valence-electron chi connectivity index (χ2n) is 3.03. The molecule has 7 nitrogen and oxygen atoms in total. The molecule has 1 rings (SSSR count). The predicted octanol–water partition coefficient (Wildman–Crippen LogP) is -0.0970. The monoisotopic (exact) mass is 225 g/mol. The highest BCUT2D eigenvalue weighted by atomic mass is 16.6. The number of hydrogen-bond donors (Lipinski definition) is 2. The van der Waals surface area contributed by atoms with Crippen LogP contribution in [0.15, 0.2) is 24.3 Å². The number of carbonyl (C=O) groups is 1. The van der Waals surface area contributed by atoms with Crippen LogP contribution in [-0.2, 0) is 0 Å². The first kappa shape index (κ1) is 12.1. The quantitative estimate of drug-likeness (QED) is 0.322. The third-order valence-electron chi connectivity index (χ3n) is 1.93. The van der Waals surface area contributed by atoms with Gasteiger partial charge in [-0.25, -0.2) is 5.84 Å². The fourth-order valence-electron chi connectivity index (χ4n) is 1.10. The second-order valence-corrected chi connectivity index (χ2v) is 3.03. The van der Waals surface area contributed by atoms with Gasteiger partial charge in [-0.3, -0.25) is 19.9 Å². The molecule has 0 aliphatic heterocycles. The maximum atomic E-state index is 11.5. The maximum absolute atomic E-state index is 11.5. The molecule has 0 aliphatic rings. The van der Waals surface area contributed by atoms with E-state index in [-0.39, 0.29) is 24.4 Å². The highest BCUT2D eigenvalue weighted by molar-refractivity contribution is 5.94. The molecule has 0 bridgehead atoms. The van der Waals surface area contributed by atoms with Gasteiger partial charge in [0.05, 0.1) is 18.1 Å². The van der Waals surface area contributed by atoms with Gasteiger partial charge in [-0.15, -0.1) is 0 Å². The molecule has 16 heavy (non-hydrogen) atoms. The average molecular weight is 225 g/mol. The number of nitrogens with two attached hydrogens (primary N) is 1. The summed E-state index contributed by atoms with van der Waals surface area (Å²) < 4.78 is 0. The topological polar surface area (TPSA) is 110 Å². The Morgan fingerprint density at radius 1 is 1.44 bits per heavy atom. The molecule has 0 spiro atoms. The van der Waals surface area contributed by atoms with Gasteiger partial charge in [0.15, 0.2) is 0 Å². The van der Waals surface area contributed by atoms with Gasteiger partial charge in [-0.1, -0.05) is 0 Å². The van der Waals surface area contributed by atoms with Gasteiger partial charge in [-0.05, 0) is 12.1 Å². The van der Waals surface area contributed by atoms with Crippen LogP contribution in [0.4, 0.5) is 5.69 Å². The number of hydrazine groups is 1. The lowest BCUT2D eigenvalue weighted by Gasteiger charge is -2.14.